The van der Waals surface area contributed by atoms with Crippen molar-refractivity contribution in [2.45, 2.75) is 6.92 Å². The van der Waals surface area contributed by atoms with Gasteiger partial charge in [-0.15, -0.1) is 0 Å². The smallest absolute Gasteiger partial charge is 0.337 e. The Morgan fingerprint density at radius 3 is 2.26 bits per heavy atom. The SMILES string of the molecule is CC1=NN(c2c(F)c(F)c(F)c(F)c2F)C(=O)/C1=C\c1ccc(-c2ccc(Cl)c(C(=O)O)c2)o1. The van der Waals surface area contributed by atoms with E-state index in [0.29, 0.717) is 5.56 Å². The minimum absolute atomic E-state index is 0.0155. The van der Waals surface area contributed by atoms with Crippen molar-refractivity contribution < 1.29 is 41.1 Å². The highest BCUT2D eigenvalue weighted by molar-refractivity contribution is 6.33. The molecule has 174 valence electrons. The second-order valence-electron chi connectivity index (χ2n) is 6.98. The molecule has 3 aromatic rings. The molecule has 0 bridgehead atoms. The van der Waals surface area contributed by atoms with Gasteiger partial charge >= 0.3 is 5.97 Å². The largest absolute Gasteiger partial charge is 0.478 e. The standard InChI is InChI=1S/C22H10ClF5N2O4/c1-8-11(21(31)30(29-8)20-18(27)16(25)15(24)17(26)19(20)28)7-10-3-5-14(34-10)9-2-4-13(23)12(6-9)22(32)33/h2-7H,1H3,(H,32,33)/b11-7-. The van der Waals surface area contributed by atoms with Crippen LogP contribution in [0, 0.1) is 29.1 Å². The van der Waals surface area contributed by atoms with Gasteiger partial charge in [0.1, 0.15) is 17.2 Å². The summed E-state index contributed by atoms with van der Waals surface area (Å²) >= 11 is 5.85. The predicted octanol–water partition coefficient (Wildman–Crippen LogP) is 5.80. The molecule has 0 saturated heterocycles. The maximum atomic E-state index is 14.1. The van der Waals surface area contributed by atoms with E-state index < -0.39 is 46.6 Å². The van der Waals surface area contributed by atoms with Crippen molar-refractivity contribution in [1.29, 1.82) is 0 Å². The first-order valence-corrected chi connectivity index (χ1v) is 9.65. The Morgan fingerprint density at radius 2 is 1.65 bits per heavy atom. The summed E-state index contributed by atoms with van der Waals surface area (Å²) in [5.41, 5.74) is -1.62. The van der Waals surface area contributed by atoms with Gasteiger partial charge in [0.05, 0.1) is 21.9 Å². The van der Waals surface area contributed by atoms with Crippen molar-refractivity contribution in [1.82, 2.24) is 0 Å². The van der Waals surface area contributed by atoms with Crippen molar-refractivity contribution in [3.63, 3.8) is 0 Å². The number of carbonyl (C=O) groups is 2. The average molecular weight is 497 g/mol. The molecule has 0 saturated carbocycles. The van der Waals surface area contributed by atoms with Crippen LogP contribution in [0.5, 0.6) is 0 Å². The van der Waals surface area contributed by atoms with Crippen LogP contribution in [0.15, 0.2) is 45.4 Å². The van der Waals surface area contributed by atoms with Crippen molar-refractivity contribution in [3.8, 4) is 11.3 Å². The third kappa shape index (κ3) is 3.73. The summed E-state index contributed by atoms with van der Waals surface area (Å²) in [6, 6.07) is 7.02. The van der Waals surface area contributed by atoms with Crippen molar-refractivity contribution in [2.75, 3.05) is 5.01 Å². The summed E-state index contributed by atoms with van der Waals surface area (Å²) in [5.74, 6) is -13.3. The highest BCUT2D eigenvalue weighted by Gasteiger charge is 2.37. The van der Waals surface area contributed by atoms with Gasteiger partial charge in [0, 0.05) is 5.56 Å². The molecule has 0 radical (unpaired) electrons. The van der Waals surface area contributed by atoms with Gasteiger partial charge in [0.15, 0.2) is 23.3 Å². The Labute approximate surface area is 192 Å². The van der Waals surface area contributed by atoms with Gasteiger partial charge in [0.2, 0.25) is 5.82 Å². The van der Waals surface area contributed by atoms with Gasteiger partial charge in [-0.3, -0.25) is 4.79 Å². The zero-order valence-corrected chi connectivity index (χ0v) is 17.6. The van der Waals surface area contributed by atoms with Crippen molar-refractivity contribution in [3.05, 3.63) is 81.3 Å². The second kappa shape index (κ2) is 8.41. The Morgan fingerprint density at radius 1 is 1.03 bits per heavy atom. The molecule has 6 nitrogen and oxygen atoms in total. The van der Waals surface area contributed by atoms with E-state index >= 15 is 0 Å². The first-order chi connectivity index (χ1) is 16.0. The molecule has 1 N–H and O–H groups in total. The Hall–Kier alpha value is -3.99. The number of hydrogen-bond acceptors (Lipinski definition) is 4. The fraction of sp³-hybridized carbons (Fsp3) is 0.0455. The van der Waals surface area contributed by atoms with Crippen LogP contribution in [-0.4, -0.2) is 22.7 Å². The van der Waals surface area contributed by atoms with E-state index in [1.54, 1.807) is 0 Å². The van der Waals surface area contributed by atoms with E-state index in [0.717, 1.165) is 6.08 Å². The number of carboxylic acid groups (broad SMARTS) is 1. The molecule has 2 aromatic carbocycles. The fourth-order valence-electron chi connectivity index (χ4n) is 3.19. The van der Waals surface area contributed by atoms with E-state index in [-0.39, 0.29) is 38.4 Å². The lowest BCUT2D eigenvalue weighted by Crippen LogP contribution is -2.25. The van der Waals surface area contributed by atoms with Crippen LogP contribution in [0.4, 0.5) is 27.6 Å². The van der Waals surface area contributed by atoms with E-state index in [4.69, 9.17) is 16.0 Å². The first kappa shape index (κ1) is 23.2. The third-order valence-electron chi connectivity index (χ3n) is 4.86. The summed E-state index contributed by atoms with van der Waals surface area (Å²) in [5, 5.41) is 12.9. The summed E-state index contributed by atoms with van der Waals surface area (Å²) < 4.78 is 74.3. The van der Waals surface area contributed by atoms with Gasteiger partial charge in [-0.25, -0.2) is 26.7 Å². The first-order valence-electron chi connectivity index (χ1n) is 9.27. The number of nitrogens with zero attached hydrogens (tertiary/aromatic N) is 2. The van der Waals surface area contributed by atoms with Crippen LogP contribution in [0.25, 0.3) is 17.4 Å². The minimum Gasteiger partial charge on any atom is -0.478 e. The van der Waals surface area contributed by atoms with Crippen molar-refractivity contribution >= 4 is 41.0 Å². The number of halogens is 6. The second-order valence-corrected chi connectivity index (χ2v) is 7.39. The summed E-state index contributed by atoms with van der Waals surface area (Å²) in [4.78, 5) is 24.0. The van der Waals surface area contributed by atoms with E-state index in [2.05, 4.69) is 5.10 Å². The van der Waals surface area contributed by atoms with Crippen molar-refractivity contribution in [2.24, 2.45) is 5.10 Å². The van der Waals surface area contributed by atoms with Gasteiger partial charge < -0.3 is 9.52 Å². The molecule has 4 rings (SSSR count). The Bertz CT molecular complexity index is 1420. The summed E-state index contributed by atoms with van der Waals surface area (Å²) in [6.07, 6.45) is 1.16. The van der Waals surface area contributed by atoms with Crippen LogP contribution in [-0.2, 0) is 4.79 Å². The normalized spacial score (nSPS) is 14.8. The van der Waals surface area contributed by atoms with Crippen LogP contribution < -0.4 is 5.01 Å². The Balaban J connectivity index is 1.69. The molecule has 1 aliphatic rings. The predicted molar refractivity (Wildman–Crippen MR) is 111 cm³/mol. The maximum absolute atomic E-state index is 14.1. The molecule has 0 atom stereocenters. The van der Waals surface area contributed by atoms with Gasteiger partial charge in [-0.2, -0.15) is 10.1 Å². The molecular weight excluding hydrogens is 487 g/mol. The average Bonchev–Trinajstić information content (AvgIpc) is 3.37. The number of furan rings is 1. The maximum Gasteiger partial charge on any atom is 0.337 e. The lowest BCUT2D eigenvalue weighted by molar-refractivity contribution is -0.114. The van der Waals surface area contributed by atoms with Crippen LogP contribution in [0.1, 0.15) is 23.0 Å². The lowest BCUT2D eigenvalue weighted by Gasteiger charge is -2.14. The number of hydrogen-bond donors (Lipinski definition) is 1. The van der Waals surface area contributed by atoms with E-state index in [1.165, 1.54) is 37.3 Å². The molecule has 1 amide bonds. The number of aromatic carboxylic acids is 1. The van der Waals surface area contributed by atoms with Crippen LogP contribution in [0.2, 0.25) is 5.02 Å². The number of amides is 1. The van der Waals surface area contributed by atoms with Crippen LogP contribution in [0.3, 0.4) is 0 Å². The number of benzene rings is 2. The molecule has 2 heterocycles. The lowest BCUT2D eigenvalue weighted by atomic mass is 10.1. The number of hydrazone groups is 1. The van der Waals surface area contributed by atoms with Gasteiger partial charge in [-0.1, -0.05) is 11.6 Å². The summed E-state index contributed by atoms with van der Waals surface area (Å²) in [7, 11) is 0. The van der Waals surface area contributed by atoms with E-state index in [1.807, 2.05) is 0 Å². The van der Waals surface area contributed by atoms with E-state index in [9.17, 15) is 36.6 Å². The molecule has 1 aliphatic heterocycles. The summed E-state index contributed by atoms with van der Waals surface area (Å²) in [6.45, 7) is 1.29. The van der Waals surface area contributed by atoms with Crippen LogP contribution >= 0.6 is 11.6 Å². The molecule has 1 aromatic heterocycles. The molecule has 0 spiro atoms. The van der Waals surface area contributed by atoms with Gasteiger partial charge in [-0.05, 0) is 43.3 Å². The molecule has 0 aliphatic carbocycles. The number of carbonyl (C=O) groups excluding carboxylic acids is 1. The highest BCUT2D eigenvalue weighted by Crippen LogP contribution is 2.34. The Kier molecular flexibility index (Phi) is 5.74. The number of rotatable bonds is 4. The molecule has 0 fully saturated rings. The fourth-order valence-corrected chi connectivity index (χ4v) is 3.38. The monoisotopic (exact) mass is 496 g/mol. The zero-order chi connectivity index (χ0) is 24.9. The molecule has 0 unspecified atom stereocenters. The zero-order valence-electron chi connectivity index (χ0n) is 16.8. The molecule has 34 heavy (non-hydrogen) atoms. The van der Waals surface area contributed by atoms with Gasteiger partial charge in [0.25, 0.3) is 5.91 Å². The highest BCUT2D eigenvalue weighted by atomic mass is 35.5. The quantitative estimate of drug-likeness (QED) is 0.214. The molecule has 12 heteroatoms. The number of anilines is 1. The number of carboxylic acids is 1. The molecular formula is C22H10ClF5N2O4. The minimum atomic E-state index is -2.36. The third-order valence-corrected chi connectivity index (χ3v) is 5.19. The topological polar surface area (TPSA) is 83.1 Å².